The molecule has 6 aromatic carbocycles. The van der Waals surface area contributed by atoms with Crippen LogP contribution in [0.3, 0.4) is 0 Å². The maximum atomic E-state index is 13.9. The molecule has 48 heavy (non-hydrogen) atoms. The van der Waals surface area contributed by atoms with Crippen molar-refractivity contribution < 1.29 is 14.4 Å². The maximum Gasteiger partial charge on any atom is 0.194 e. The van der Waals surface area contributed by atoms with Gasteiger partial charge < -0.3 is 0 Å². The SMILES string of the molecule is O=C1c2ccccc2C(=C2C(=C3c4ccccc4C(=O)c4ccccc43)C2=C2c3ccccc3C(=O)c3ccccc32)c2ccccc21. The molecule has 3 heteroatoms. The number of hydrogen-bond acceptors (Lipinski definition) is 3. The van der Waals surface area contributed by atoms with Crippen molar-refractivity contribution in [1.82, 2.24) is 0 Å². The lowest BCUT2D eigenvalue weighted by molar-refractivity contribution is 0.102. The number of ketones is 3. The van der Waals surface area contributed by atoms with Gasteiger partial charge in [0.25, 0.3) is 0 Å². The molecule has 222 valence electrons. The first-order valence-corrected chi connectivity index (χ1v) is 16.1. The summed E-state index contributed by atoms with van der Waals surface area (Å²) < 4.78 is 0. The molecule has 0 spiro atoms. The molecule has 0 N–H and O–H groups in total. The highest BCUT2D eigenvalue weighted by atomic mass is 16.1. The molecular formula is C45H24O3. The first-order chi connectivity index (χ1) is 23.6. The van der Waals surface area contributed by atoms with Crippen molar-refractivity contribution in [3.63, 3.8) is 0 Å². The van der Waals surface area contributed by atoms with Crippen LogP contribution in [-0.2, 0) is 0 Å². The quantitative estimate of drug-likeness (QED) is 0.172. The van der Waals surface area contributed by atoms with Crippen molar-refractivity contribution >= 4 is 34.1 Å². The molecular weight excluding hydrogens is 588 g/mol. The molecule has 0 radical (unpaired) electrons. The molecule has 0 amide bonds. The van der Waals surface area contributed by atoms with Gasteiger partial charge in [0.1, 0.15) is 0 Å². The minimum atomic E-state index is 0.00696. The highest BCUT2D eigenvalue weighted by Crippen LogP contribution is 2.62. The van der Waals surface area contributed by atoms with Crippen molar-refractivity contribution in [2.45, 2.75) is 0 Å². The zero-order valence-corrected chi connectivity index (χ0v) is 25.6. The van der Waals surface area contributed by atoms with E-state index in [1.54, 1.807) is 0 Å². The fourth-order valence-corrected chi connectivity index (χ4v) is 8.01. The smallest absolute Gasteiger partial charge is 0.194 e. The van der Waals surface area contributed by atoms with Gasteiger partial charge in [-0.2, -0.15) is 0 Å². The molecule has 0 unspecified atom stereocenters. The van der Waals surface area contributed by atoms with Gasteiger partial charge in [-0.1, -0.05) is 146 Å². The van der Waals surface area contributed by atoms with Crippen molar-refractivity contribution in [2.24, 2.45) is 0 Å². The third-order valence-corrected chi connectivity index (χ3v) is 10.1. The van der Waals surface area contributed by atoms with E-state index in [1.165, 1.54) is 0 Å². The summed E-state index contributed by atoms with van der Waals surface area (Å²) in [4.78, 5) is 41.6. The van der Waals surface area contributed by atoms with Gasteiger partial charge in [-0.15, -0.1) is 0 Å². The summed E-state index contributed by atoms with van der Waals surface area (Å²) in [5.41, 5.74) is 15.3. The van der Waals surface area contributed by atoms with E-state index in [-0.39, 0.29) is 17.3 Å². The summed E-state index contributed by atoms with van der Waals surface area (Å²) in [7, 11) is 0. The Balaban J connectivity index is 1.44. The average Bonchev–Trinajstić information content (AvgIpc) is 3.85. The minimum Gasteiger partial charge on any atom is -0.289 e. The second-order valence-electron chi connectivity index (χ2n) is 12.5. The predicted molar refractivity (Wildman–Crippen MR) is 187 cm³/mol. The summed E-state index contributed by atoms with van der Waals surface area (Å²) >= 11 is 0. The van der Waals surface area contributed by atoms with Crippen molar-refractivity contribution in [3.05, 3.63) is 229 Å². The fourth-order valence-electron chi connectivity index (χ4n) is 8.01. The lowest BCUT2D eigenvalue weighted by Gasteiger charge is -2.22. The molecule has 0 aliphatic heterocycles. The molecule has 0 aromatic heterocycles. The van der Waals surface area contributed by atoms with Crippen LogP contribution in [-0.4, -0.2) is 17.3 Å². The van der Waals surface area contributed by atoms with E-state index in [2.05, 4.69) is 0 Å². The van der Waals surface area contributed by atoms with Crippen molar-refractivity contribution in [3.8, 4) is 0 Å². The summed E-state index contributed by atoms with van der Waals surface area (Å²) in [5.74, 6) is 0.0209. The third kappa shape index (κ3) is 3.50. The van der Waals surface area contributed by atoms with E-state index in [0.29, 0.717) is 33.4 Å². The van der Waals surface area contributed by atoms with E-state index in [0.717, 1.165) is 66.8 Å². The molecule has 10 rings (SSSR count). The van der Waals surface area contributed by atoms with Crippen LogP contribution in [0.25, 0.3) is 16.7 Å². The lowest BCUT2D eigenvalue weighted by Crippen LogP contribution is -2.15. The topological polar surface area (TPSA) is 51.2 Å². The van der Waals surface area contributed by atoms with Gasteiger partial charge in [-0.3, -0.25) is 14.4 Å². The summed E-state index contributed by atoms with van der Waals surface area (Å²) in [6.45, 7) is 0. The van der Waals surface area contributed by atoms with Gasteiger partial charge in [0.05, 0.1) is 0 Å². The van der Waals surface area contributed by atoms with Crippen LogP contribution in [0.4, 0.5) is 0 Å². The third-order valence-electron chi connectivity index (χ3n) is 10.1. The van der Waals surface area contributed by atoms with E-state index in [4.69, 9.17) is 0 Å². The molecule has 0 bridgehead atoms. The van der Waals surface area contributed by atoms with Crippen LogP contribution in [0.15, 0.2) is 162 Å². The number of rotatable bonds is 0. The summed E-state index contributed by atoms with van der Waals surface area (Å²) in [6.07, 6.45) is 0. The second kappa shape index (κ2) is 9.78. The summed E-state index contributed by atoms with van der Waals surface area (Å²) in [6, 6.07) is 47.0. The first kappa shape index (κ1) is 26.7. The largest absolute Gasteiger partial charge is 0.289 e. The van der Waals surface area contributed by atoms with Crippen molar-refractivity contribution in [1.29, 1.82) is 0 Å². The minimum absolute atomic E-state index is 0.00696. The number of benzene rings is 6. The summed E-state index contributed by atoms with van der Waals surface area (Å²) in [5, 5.41) is 0. The highest BCUT2D eigenvalue weighted by molar-refractivity contribution is 6.27. The molecule has 1 fully saturated rings. The monoisotopic (exact) mass is 612 g/mol. The van der Waals surface area contributed by atoms with Crippen LogP contribution in [0.2, 0.25) is 0 Å². The highest BCUT2D eigenvalue weighted by Gasteiger charge is 2.46. The van der Waals surface area contributed by atoms with Crippen LogP contribution >= 0.6 is 0 Å². The molecule has 3 nitrogen and oxygen atoms in total. The van der Waals surface area contributed by atoms with Gasteiger partial charge in [0.15, 0.2) is 17.3 Å². The van der Waals surface area contributed by atoms with Crippen molar-refractivity contribution in [2.75, 3.05) is 0 Å². The zero-order chi connectivity index (χ0) is 32.1. The maximum absolute atomic E-state index is 13.9. The molecule has 1 saturated carbocycles. The molecule has 0 saturated heterocycles. The van der Waals surface area contributed by atoms with E-state index >= 15 is 0 Å². The van der Waals surface area contributed by atoms with Gasteiger partial charge in [0.2, 0.25) is 0 Å². The first-order valence-electron chi connectivity index (χ1n) is 16.1. The molecule has 6 aromatic rings. The Morgan fingerprint density at radius 1 is 0.188 bits per heavy atom. The van der Waals surface area contributed by atoms with E-state index < -0.39 is 0 Å². The van der Waals surface area contributed by atoms with E-state index in [1.807, 2.05) is 146 Å². The van der Waals surface area contributed by atoms with Crippen LogP contribution in [0, 0.1) is 0 Å². The number of carbonyl (C=O) groups is 3. The van der Waals surface area contributed by atoms with Gasteiger partial charge in [0, 0.05) is 33.4 Å². The van der Waals surface area contributed by atoms with Crippen LogP contribution in [0.5, 0.6) is 0 Å². The Morgan fingerprint density at radius 2 is 0.333 bits per heavy atom. The van der Waals surface area contributed by atoms with E-state index in [9.17, 15) is 14.4 Å². The number of hydrogen-bond donors (Lipinski definition) is 0. The normalized spacial score (nSPS) is 15.4. The van der Waals surface area contributed by atoms with Crippen LogP contribution < -0.4 is 0 Å². The fraction of sp³-hybridized carbons (Fsp3) is 0. The number of fused-ring (bicyclic) bond motifs is 6. The predicted octanol–water partition coefficient (Wildman–Crippen LogP) is 9.14. The number of allylic oxidation sites excluding steroid dienone is 3. The molecule has 0 heterocycles. The molecule has 4 aliphatic rings. The Morgan fingerprint density at radius 3 is 0.500 bits per heavy atom. The lowest BCUT2D eigenvalue weighted by atomic mass is 9.79. The van der Waals surface area contributed by atoms with Crippen LogP contribution in [0.1, 0.15) is 81.1 Å². The second-order valence-corrected chi connectivity index (χ2v) is 12.5. The number of carbonyl (C=O) groups excluding carboxylic acids is 3. The Hall–Kier alpha value is -6.45. The van der Waals surface area contributed by atoms with Gasteiger partial charge >= 0.3 is 0 Å². The zero-order valence-electron chi connectivity index (χ0n) is 25.6. The Kier molecular flexibility index (Phi) is 5.45. The molecule has 0 atom stereocenters. The van der Waals surface area contributed by atoms with Gasteiger partial charge in [-0.05, 0) is 66.8 Å². The Labute approximate surface area is 276 Å². The average molecular weight is 613 g/mol. The standard InChI is InChI=1S/C45H24O3/c46-43-31-19-7-1-13-25(31)37(26-14-2-8-20-32(26)43)40-41(38-27-15-3-9-21-33(27)44(47)34-22-10-4-16-28(34)38)42(40)39-29-17-5-11-23-35(29)45(48)36-24-12-6-18-30(36)39/h1-24H. The molecule has 4 aliphatic carbocycles. The Bertz CT molecular complexity index is 2150. The van der Waals surface area contributed by atoms with Gasteiger partial charge in [-0.25, -0.2) is 0 Å².